The smallest absolute Gasteiger partial charge is 0.327 e. The van der Waals surface area contributed by atoms with Gasteiger partial charge in [0.25, 0.3) is 0 Å². The molecule has 0 fully saturated rings. The van der Waals surface area contributed by atoms with Crippen molar-refractivity contribution in [1.29, 1.82) is 0 Å². The van der Waals surface area contributed by atoms with Gasteiger partial charge in [-0.1, -0.05) is 41.5 Å². The third-order valence-electron chi connectivity index (χ3n) is 5.49. The van der Waals surface area contributed by atoms with E-state index in [-0.39, 0.29) is 22.7 Å². The molecule has 208 valence electrons. The first-order chi connectivity index (χ1) is 16.0. The number of ether oxygens (including phenoxy) is 2. The number of hydrogen-bond donors (Lipinski definition) is 1. The third kappa shape index (κ3) is 11.9. The van der Waals surface area contributed by atoms with Gasteiger partial charge in [-0.25, -0.2) is 0 Å². The number of esters is 1. The standard InChI is InChI=1S/C28H53NO5Si2/c1-24(2,3)32-23(30)22(29-14)18-31-21-16-19(27(10,11)33-35-25(4,5)6)15-20(17-21)28(12,13)34-36-26(7,8)9/h15-17,22,29H,18,35-36H2,1-14H3. The maximum absolute atomic E-state index is 12.6. The molecule has 0 aromatic heterocycles. The molecule has 0 spiro atoms. The average molecular weight is 540 g/mol. The zero-order valence-corrected chi connectivity index (χ0v) is 28.3. The first-order valence-electron chi connectivity index (χ1n) is 13.0. The minimum Gasteiger partial charge on any atom is -0.491 e. The first-order valence-corrected chi connectivity index (χ1v) is 15.6. The Hall–Kier alpha value is -1.20. The quantitative estimate of drug-likeness (QED) is 0.312. The van der Waals surface area contributed by atoms with E-state index in [0.29, 0.717) is 5.75 Å². The SMILES string of the molecule is CNC(COc1cc(C(C)(C)O[SiH2]C(C)(C)C)cc(C(C)(C)O[SiH2]C(C)(C)C)c1)C(=O)OC(C)(C)C. The Morgan fingerprint density at radius 2 is 1.19 bits per heavy atom. The van der Waals surface area contributed by atoms with Crippen molar-refractivity contribution >= 4 is 25.5 Å². The van der Waals surface area contributed by atoms with Crippen molar-refractivity contribution in [2.75, 3.05) is 13.7 Å². The molecule has 1 unspecified atom stereocenters. The van der Waals surface area contributed by atoms with E-state index in [0.717, 1.165) is 11.1 Å². The molecule has 8 heteroatoms. The van der Waals surface area contributed by atoms with Crippen LogP contribution in [-0.2, 0) is 29.6 Å². The highest BCUT2D eigenvalue weighted by molar-refractivity contribution is 6.32. The highest BCUT2D eigenvalue weighted by Crippen LogP contribution is 2.37. The second-order valence-electron chi connectivity index (χ2n) is 14.2. The summed E-state index contributed by atoms with van der Waals surface area (Å²) >= 11 is 0. The van der Waals surface area contributed by atoms with Crippen LogP contribution in [0, 0.1) is 0 Å². The molecule has 0 radical (unpaired) electrons. The van der Waals surface area contributed by atoms with Crippen molar-refractivity contribution in [3.05, 3.63) is 29.3 Å². The van der Waals surface area contributed by atoms with Gasteiger partial charge in [0.2, 0.25) is 0 Å². The molecular formula is C28H53NO5Si2. The Labute approximate surface area is 225 Å². The molecule has 0 bridgehead atoms. The Balaban J connectivity index is 3.33. The van der Waals surface area contributed by atoms with Crippen LogP contribution in [0.1, 0.15) is 101 Å². The van der Waals surface area contributed by atoms with Crippen molar-refractivity contribution in [1.82, 2.24) is 5.32 Å². The van der Waals surface area contributed by atoms with Gasteiger partial charge >= 0.3 is 5.97 Å². The van der Waals surface area contributed by atoms with E-state index < -0.39 is 42.4 Å². The van der Waals surface area contributed by atoms with Crippen molar-refractivity contribution < 1.29 is 23.1 Å². The van der Waals surface area contributed by atoms with E-state index >= 15 is 0 Å². The van der Waals surface area contributed by atoms with Crippen LogP contribution in [0.5, 0.6) is 5.75 Å². The summed E-state index contributed by atoms with van der Waals surface area (Å²) in [6.07, 6.45) is 0. The molecule has 1 atom stereocenters. The molecule has 1 rings (SSSR count). The predicted octanol–water partition coefficient (Wildman–Crippen LogP) is 5.10. The molecule has 0 amide bonds. The molecule has 0 heterocycles. The van der Waals surface area contributed by atoms with Crippen molar-refractivity contribution in [3.8, 4) is 5.75 Å². The van der Waals surface area contributed by atoms with Crippen LogP contribution in [0.2, 0.25) is 10.1 Å². The van der Waals surface area contributed by atoms with E-state index in [4.69, 9.17) is 18.3 Å². The van der Waals surface area contributed by atoms with E-state index in [1.54, 1.807) is 7.05 Å². The van der Waals surface area contributed by atoms with Gasteiger partial charge in [-0.2, -0.15) is 0 Å². The minimum atomic E-state index is -0.777. The summed E-state index contributed by atoms with van der Waals surface area (Å²) in [6.45, 7) is 27.5. The topological polar surface area (TPSA) is 66.0 Å². The lowest BCUT2D eigenvalue weighted by molar-refractivity contribution is -0.158. The Bertz CT molecular complexity index is 816. The number of hydrogen-bond acceptors (Lipinski definition) is 6. The van der Waals surface area contributed by atoms with Crippen molar-refractivity contribution in [2.45, 2.75) is 123 Å². The van der Waals surface area contributed by atoms with Crippen LogP contribution in [-0.4, -0.2) is 50.8 Å². The van der Waals surface area contributed by atoms with E-state index in [9.17, 15) is 4.79 Å². The fraction of sp³-hybridized carbons (Fsp3) is 0.750. The van der Waals surface area contributed by atoms with Gasteiger partial charge in [0.1, 0.15) is 24.0 Å². The van der Waals surface area contributed by atoms with Gasteiger partial charge in [0, 0.05) is 0 Å². The maximum atomic E-state index is 12.6. The van der Waals surface area contributed by atoms with E-state index in [1.807, 2.05) is 32.9 Å². The van der Waals surface area contributed by atoms with E-state index in [1.165, 1.54) is 0 Å². The molecule has 0 aliphatic heterocycles. The number of rotatable bonds is 11. The van der Waals surface area contributed by atoms with Gasteiger partial charge in [-0.3, -0.25) is 4.79 Å². The third-order valence-corrected chi connectivity index (χ3v) is 8.95. The van der Waals surface area contributed by atoms with Crippen molar-refractivity contribution in [3.63, 3.8) is 0 Å². The normalized spacial score (nSPS) is 15.2. The molecular weight excluding hydrogens is 486 g/mol. The zero-order valence-electron chi connectivity index (χ0n) is 25.5. The van der Waals surface area contributed by atoms with Gasteiger partial charge in [0.05, 0.1) is 11.2 Å². The molecule has 0 saturated heterocycles. The van der Waals surface area contributed by atoms with Crippen LogP contribution in [0.4, 0.5) is 0 Å². The number of nitrogens with one attached hydrogen (secondary N) is 1. The zero-order chi connectivity index (χ0) is 28.2. The summed E-state index contributed by atoms with van der Waals surface area (Å²) < 4.78 is 24.8. The molecule has 0 aliphatic carbocycles. The fourth-order valence-electron chi connectivity index (χ4n) is 3.16. The highest BCUT2D eigenvalue weighted by Gasteiger charge is 2.31. The molecule has 6 nitrogen and oxygen atoms in total. The fourth-order valence-corrected chi connectivity index (χ4v) is 5.08. The minimum absolute atomic E-state index is 0.157. The summed E-state index contributed by atoms with van der Waals surface area (Å²) in [5.74, 6) is 0.357. The molecule has 0 aliphatic rings. The van der Waals surface area contributed by atoms with Gasteiger partial charge < -0.3 is 23.6 Å². The summed E-state index contributed by atoms with van der Waals surface area (Å²) in [7, 11) is 0.183. The average Bonchev–Trinajstić information content (AvgIpc) is 2.69. The lowest BCUT2D eigenvalue weighted by Gasteiger charge is -2.34. The monoisotopic (exact) mass is 539 g/mol. The van der Waals surface area contributed by atoms with Gasteiger partial charge in [-0.15, -0.1) is 0 Å². The van der Waals surface area contributed by atoms with Crippen LogP contribution in [0.15, 0.2) is 18.2 Å². The summed E-state index contributed by atoms with van der Waals surface area (Å²) in [4.78, 5) is 12.6. The second kappa shape index (κ2) is 12.1. The van der Waals surface area contributed by atoms with Gasteiger partial charge in [0.15, 0.2) is 19.5 Å². The summed E-state index contributed by atoms with van der Waals surface area (Å²) in [5.41, 5.74) is 0.575. The molecule has 1 aromatic rings. The van der Waals surface area contributed by atoms with E-state index in [2.05, 4.69) is 80.6 Å². The Morgan fingerprint density at radius 1 is 0.778 bits per heavy atom. The lowest BCUT2D eigenvalue weighted by atomic mass is 9.90. The van der Waals surface area contributed by atoms with Crippen LogP contribution in [0.25, 0.3) is 0 Å². The molecule has 1 N–H and O–H groups in total. The summed E-state index contributed by atoms with van der Waals surface area (Å²) in [5, 5.41) is 3.39. The number of carbonyl (C=O) groups excluding carboxylic acids is 1. The maximum Gasteiger partial charge on any atom is 0.327 e. The first kappa shape index (κ1) is 32.8. The molecule has 1 aromatic carbocycles. The second-order valence-corrected chi connectivity index (χ2v) is 19.5. The summed E-state index contributed by atoms with van der Waals surface area (Å²) in [6, 6.07) is 5.66. The Morgan fingerprint density at radius 3 is 1.53 bits per heavy atom. The Kier molecular flexibility index (Phi) is 11.0. The van der Waals surface area contributed by atoms with Crippen LogP contribution >= 0.6 is 0 Å². The van der Waals surface area contributed by atoms with Crippen LogP contribution < -0.4 is 10.1 Å². The lowest BCUT2D eigenvalue weighted by Crippen LogP contribution is -2.43. The number of benzene rings is 1. The molecule has 36 heavy (non-hydrogen) atoms. The van der Waals surface area contributed by atoms with Crippen LogP contribution in [0.3, 0.4) is 0 Å². The van der Waals surface area contributed by atoms with Crippen molar-refractivity contribution in [2.24, 2.45) is 0 Å². The predicted molar refractivity (Wildman–Crippen MR) is 155 cm³/mol. The highest BCUT2D eigenvalue weighted by atomic mass is 28.2. The van der Waals surface area contributed by atoms with Gasteiger partial charge in [-0.05, 0) is 94.9 Å². The number of carbonyl (C=O) groups is 1. The number of likely N-dealkylation sites (N-methyl/N-ethyl adjacent to an activating group) is 1. The largest absolute Gasteiger partial charge is 0.491 e. The molecule has 0 saturated carbocycles.